The molecule has 0 spiro atoms. The first-order valence-electron chi connectivity index (χ1n) is 3.31. The van der Waals surface area contributed by atoms with Crippen molar-refractivity contribution in [3.05, 3.63) is 0 Å². The molecule has 0 aromatic heterocycles. The van der Waals surface area contributed by atoms with E-state index in [2.05, 4.69) is 12.6 Å². The van der Waals surface area contributed by atoms with E-state index in [1.807, 2.05) is 0 Å². The summed E-state index contributed by atoms with van der Waals surface area (Å²) in [5.74, 6) is 0. The zero-order chi connectivity index (χ0) is 12.2. The number of thiocyanates is 1. The molecule has 0 aliphatic carbocycles. The van der Waals surface area contributed by atoms with Crippen molar-refractivity contribution in [2.24, 2.45) is 22.9 Å². The average Bonchev–Trinajstić information content (AvgIpc) is 2.20. The second-order valence-electron chi connectivity index (χ2n) is 1.29. The van der Waals surface area contributed by atoms with Crippen molar-refractivity contribution in [3.8, 4) is 5.40 Å². The zero-order valence-corrected chi connectivity index (χ0v) is 11.0. The molecule has 0 unspecified atom stereocenters. The van der Waals surface area contributed by atoms with Crippen LogP contribution in [0, 0.1) is 10.7 Å². The van der Waals surface area contributed by atoms with Crippen LogP contribution < -0.4 is 22.9 Å². The van der Waals surface area contributed by atoms with E-state index in [4.69, 9.17) is 48.5 Å². The molecule has 0 bridgehead atoms. The molecular formula is C5H16Cl2CoN5S. The fourth-order valence-corrected chi connectivity index (χ4v) is 0. The van der Waals surface area contributed by atoms with Gasteiger partial charge in [-0.25, -0.2) is 5.26 Å². The van der Waals surface area contributed by atoms with Crippen molar-refractivity contribution < 1.29 is 12.9 Å². The number of rotatable bonds is 2. The summed E-state index contributed by atoms with van der Waals surface area (Å²) in [5, 5.41) is 8.47. The van der Waals surface area contributed by atoms with Gasteiger partial charge < -0.3 is 35.6 Å². The molecule has 5 nitrogen and oxygen atoms in total. The fourth-order valence-electron chi connectivity index (χ4n) is 0. The first-order valence-corrected chi connectivity index (χ1v) is 6.59. The van der Waals surface area contributed by atoms with Crippen LogP contribution in [-0.2, 0) is 25.5 Å². The Morgan fingerprint density at radius 3 is 1.07 bits per heavy atom. The third-order valence-electron chi connectivity index (χ3n) is 0.333. The molecule has 14 heavy (non-hydrogen) atoms. The Kier molecular flexibility index (Phi) is 85.0. The first-order chi connectivity index (χ1) is 6.66. The van der Waals surface area contributed by atoms with E-state index < -0.39 is 0 Å². The Hall–Kier alpha value is 0.636. The molecule has 0 aliphatic rings. The molecule has 0 fully saturated rings. The molecule has 0 saturated heterocycles. The molecule has 0 saturated carbocycles. The summed E-state index contributed by atoms with van der Waals surface area (Å²) >= 11 is 4.08. The Morgan fingerprint density at radius 1 is 1.00 bits per heavy atom. The van der Waals surface area contributed by atoms with Gasteiger partial charge in [0.1, 0.15) is 0 Å². The zero-order valence-electron chi connectivity index (χ0n) is 7.58. The van der Waals surface area contributed by atoms with Crippen molar-refractivity contribution in [2.45, 2.75) is 0 Å². The Labute approximate surface area is 105 Å². The third-order valence-corrected chi connectivity index (χ3v) is 0.333. The summed E-state index contributed by atoms with van der Waals surface area (Å²) in [6, 6.07) is 0. The number of nitriles is 1. The van der Waals surface area contributed by atoms with Gasteiger partial charge in [0.05, 0.1) is 0 Å². The van der Waals surface area contributed by atoms with Gasteiger partial charge in [0, 0.05) is 26.2 Å². The van der Waals surface area contributed by atoms with Crippen LogP contribution in [0.4, 0.5) is 0 Å². The summed E-state index contributed by atoms with van der Waals surface area (Å²) in [5.41, 5.74) is 19.6. The average molecular weight is 308 g/mol. The van der Waals surface area contributed by atoms with Crippen molar-refractivity contribution in [3.63, 3.8) is 0 Å². The monoisotopic (exact) mass is 307 g/mol. The van der Waals surface area contributed by atoms with E-state index in [1.165, 1.54) is 5.40 Å². The molecule has 0 aromatic rings. The molecule has 0 rings (SSSR count). The van der Waals surface area contributed by atoms with Crippen LogP contribution in [0.1, 0.15) is 0 Å². The van der Waals surface area contributed by atoms with Gasteiger partial charge >= 0.3 is 33.2 Å². The van der Waals surface area contributed by atoms with E-state index in [0.29, 0.717) is 39.1 Å². The SMILES string of the molecule is N#C[S-].NCCN.NCCN.[Cl][Co+][Cl]. The molecule has 0 atom stereocenters. The second-order valence-corrected chi connectivity index (χ2v) is 3.20. The van der Waals surface area contributed by atoms with Gasteiger partial charge in [-0.1, -0.05) is 5.40 Å². The van der Waals surface area contributed by atoms with E-state index in [1.54, 1.807) is 0 Å². The van der Waals surface area contributed by atoms with Crippen molar-refractivity contribution in [1.29, 1.82) is 5.26 Å². The molecule has 0 amide bonds. The maximum absolute atomic E-state index is 7.13. The normalized spacial score (nSPS) is 6.36. The van der Waals surface area contributed by atoms with Gasteiger partial charge in [-0.05, 0) is 0 Å². The number of halogens is 2. The van der Waals surface area contributed by atoms with Crippen LogP contribution in [0.5, 0.6) is 0 Å². The minimum atomic E-state index is 0.382. The fraction of sp³-hybridized carbons (Fsp3) is 0.800. The molecule has 90 valence electrons. The quantitative estimate of drug-likeness (QED) is 0.390. The van der Waals surface area contributed by atoms with Crippen LogP contribution in [0.3, 0.4) is 0 Å². The molecule has 0 heterocycles. The number of nitrogens with two attached hydrogens (primary N) is 4. The molecule has 8 N–H and O–H groups in total. The van der Waals surface area contributed by atoms with Gasteiger partial charge in [0.2, 0.25) is 0 Å². The summed E-state index contributed by atoms with van der Waals surface area (Å²) in [6.45, 7) is 2.39. The van der Waals surface area contributed by atoms with Gasteiger partial charge in [0.15, 0.2) is 0 Å². The van der Waals surface area contributed by atoms with Crippen molar-refractivity contribution in [2.75, 3.05) is 26.2 Å². The molecule has 0 radical (unpaired) electrons. The van der Waals surface area contributed by atoms with E-state index in [0.717, 1.165) is 0 Å². The molecule has 0 aliphatic heterocycles. The Balaban J connectivity index is -0.0000000482. The first kappa shape index (κ1) is 24.1. The maximum atomic E-state index is 7.13. The van der Waals surface area contributed by atoms with Crippen LogP contribution in [-0.4, -0.2) is 26.2 Å². The Bertz CT molecular complexity index is 86.7. The Morgan fingerprint density at radius 2 is 1.07 bits per heavy atom. The van der Waals surface area contributed by atoms with E-state index in [-0.39, 0.29) is 0 Å². The second kappa shape index (κ2) is 49.4. The topological polar surface area (TPSA) is 128 Å². The van der Waals surface area contributed by atoms with E-state index >= 15 is 0 Å². The predicted molar refractivity (Wildman–Crippen MR) is 60.9 cm³/mol. The molecule has 9 heteroatoms. The van der Waals surface area contributed by atoms with Crippen LogP contribution in [0.15, 0.2) is 0 Å². The van der Waals surface area contributed by atoms with Gasteiger partial charge in [-0.3, -0.25) is 0 Å². The van der Waals surface area contributed by atoms with Crippen molar-refractivity contribution in [1.82, 2.24) is 0 Å². The number of hydrogen-bond acceptors (Lipinski definition) is 6. The predicted octanol–water partition coefficient (Wildman–Crippen LogP) is -0.802. The molecule has 0 aromatic carbocycles. The van der Waals surface area contributed by atoms with Crippen molar-refractivity contribution >= 4 is 32.9 Å². The van der Waals surface area contributed by atoms with E-state index in [9.17, 15) is 0 Å². The standard InChI is InChI=1S/2C2H8N2.CHNS.2ClH.Co/c2*3-1-2-4;2-1-3;;;/h2*1-4H2;3H;2*1H;/q;;;;;+3/p-3. The molecular weight excluding hydrogens is 292 g/mol. The summed E-state index contributed by atoms with van der Waals surface area (Å²) in [4.78, 5) is 0. The summed E-state index contributed by atoms with van der Waals surface area (Å²) in [7, 11) is 9.47. The van der Waals surface area contributed by atoms with Crippen LogP contribution in [0.25, 0.3) is 0 Å². The van der Waals surface area contributed by atoms with Gasteiger partial charge in [-0.15, -0.1) is 0 Å². The summed E-state index contributed by atoms with van der Waals surface area (Å²) < 4.78 is 0. The number of nitrogens with zero attached hydrogens (tertiary/aromatic N) is 1. The minimum absolute atomic E-state index is 0.382. The number of hydrogen-bond donors (Lipinski definition) is 4. The third kappa shape index (κ3) is 246. The van der Waals surface area contributed by atoms with Crippen LogP contribution in [0.2, 0.25) is 0 Å². The van der Waals surface area contributed by atoms with Gasteiger partial charge in [0.25, 0.3) is 0 Å². The van der Waals surface area contributed by atoms with Gasteiger partial charge in [-0.2, -0.15) is 0 Å². The van der Waals surface area contributed by atoms with Crippen LogP contribution >= 0.6 is 20.3 Å². The summed E-state index contributed by atoms with van der Waals surface area (Å²) in [6.07, 6.45) is 0.